The smallest absolute Gasteiger partial charge is 0.228 e. The minimum absolute atomic E-state index is 0.154. The van der Waals surface area contributed by atoms with Gasteiger partial charge in [-0.25, -0.2) is 17.2 Å². The van der Waals surface area contributed by atoms with Gasteiger partial charge in [-0.1, -0.05) is 17.7 Å². The van der Waals surface area contributed by atoms with Crippen molar-refractivity contribution in [3.05, 3.63) is 59.7 Å². The van der Waals surface area contributed by atoms with Crippen molar-refractivity contribution < 1.29 is 22.0 Å². The van der Waals surface area contributed by atoms with Gasteiger partial charge in [-0.3, -0.25) is 4.79 Å². The van der Waals surface area contributed by atoms with Crippen molar-refractivity contribution >= 4 is 21.4 Å². The van der Waals surface area contributed by atoms with Crippen LogP contribution in [-0.2, 0) is 14.6 Å². The molecule has 0 fully saturated rings. The third kappa shape index (κ3) is 4.63. The van der Waals surface area contributed by atoms with E-state index in [1.54, 1.807) is 19.1 Å². The molecular weight excluding hydrogens is 348 g/mol. The van der Waals surface area contributed by atoms with Gasteiger partial charge >= 0.3 is 0 Å². The van der Waals surface area contributed by atoms with Crippen LogP contribution in [0.5, 0.6) is 0 Å². The molecule has 4 nitrogen and oxygen atoms in total. The Labute approximate surface area is 146 Å². The van der Waals surface area contributed by atoms with Gasteiger partial charge in [-0.05, 0) is 38.1 Å². The summed E-state index contributed by atoms with van der Waals surface area (Å²) in [5.41, 5.74) is 1.13. The molecule has 25 heavy (non-hydrogen) atoms. The number of sulfone groups is 1. The van der Waals surface area contributed by atoms with E-state index in [2.05, 4.69) is 0 Å². The molecular formula is C18H19F2NO3S. The van der Waals surface area contributed by atoms with Crippen molar-refractivity contribution in [2.45, 2.75) is 25.2 Å². The van der Waals surface area contributed by atoms with Gasteiger partial charge in [-0.15, -0.1) is 0 Å². The number of carbonyl (C=O) groups is 1. The van der Waals surface area contributed by atoms with E-state index in [4.69, 9.17) is 0 Å². The molecule has 0 N–H and O–H groups in total. The molecule has 0 aromatic heterocycles. The molecule has 0 atom stereocenters. The second-order valence-electron chi connectivity index (χ2n) is 5.62. The maximum absolute atomic E-state index is 13.4. The van der Waals surface area contributed by atoms with Gasteiger partial charge in [-0.2, -0.15) is 0 Å². The number of amides is 1. The first-order chi connectivity index (χ1) is 11.7. The number of anilines is 1. The average Bonchev–Trinajstić information content (AvgIpc) is 2.57. The lowest BCUT2D eigenvalue weighted by Crippen LogP contribution is -2.32. The van der Waals surface area contributed by atoms with E-state index in [0.717, 1.165) is 17.7 Å². The molecule has 2 aromatic rings. The Morgan fingerprint density at radius 1 is 1.04 bits per heavy atom. The van der Waals surface area contributed by atoms with Crippen LogP contribution in [0.4, 0.5) is 14.5 Å². The van der Waals surface area contributed by atoms with Crippen molar-refractivity contribution in [2.24, 2.45) is 0 Å². The standard InChI is InChI=1S/C18H19F2NO3S/c1-3-21(14-6-9-16(19)17(20)12-14)18(22)10-11-25(23,24)15-7-4-13(2)5-8-15/h4-9,12H,3,10-11H2,1-2H3. The lowest BCUT2D eigenvalue weighted by Gasteiger charge is -2.21. The van der Waals surface area contributed by atoms with Crippen molar-refractivity contribution in [2.75, 3.05) is 17.2 Å². The predicted octanol–water partition coefficient (Wildman–Crippen LogP) is 3.49. The van der Waals surface area contributed by atoms with Gasteiger partial charge in [0.2, 0.25) is 5.91 Å². The highest BCUT2D eigenvalue weighted by atomic mass is 32.2. The maximum Gasteiger partial charge on any atom is 0.228 e. The van der Waals surface area contributed by atoms with Crippen LogP contribution < -0.4 is 4.90 Å². The van der Waals surface area contributed by atoms with E-state index in [1.165, 1.54) is 23.1 Å². The van der Waals surface area contributed by atoms with E-state index in [-0.39, 0.29) is 29.3 Å². The molecule has 0 aliphatic rings. The number of rotatable bonds is 6. The normalized spacial score (nSPS) is 11.4. The summed E-state index contributed by atoms with van der Waals surface area (Å²) < 4.78 is 51.0. The van der Waals surface area contributed by atoms with Crippen molar-refractivity contribution in [1.29, 1.82) is 0 Å². The van der Waals surface area contributed by atoms with Crippen LogP contribution in [0.3, 0.4) is 0 Å². The number of aryl methyl sites for hydroxylation is 1. The summed E-state index contributed by atoms with van der Waals surface area (Å²) in [7, 11) is -3.59. The van der Waals surface area contributed by atoms with E-state index in [1.807, 2.05) is 6.92 Å². The molecule has 0 bridgehead atoms. The largest absolute Gasteiger partial charge is 0.313 e. The quantitative estimate of drug-likeness (QED) is 0.785. The Balaban J connectivity index is 2.11. The minimum Gasteiger partial charge on any atom is -0.313 e. The fourth-order valence-corrected chi connectivity index (χ4v) is 3.61. The predicted molar refractivity (Wildman–Crippen MR) is 92.2 cm³/mol. The fraction of sp³-hybridized carbons (Fsp3) is 0.278. The molecule has 0 aliphatic heterocycles. The molecule has 1 amide bonds. The highest BCUT2D eigenvalue weighted by Gasteiger charge is 2.20. The van der Waals surface area contributed by atoms with Crippen LogP contribution >= 0.6 is 0 Å². The highest BCUT2D eigenvalue weighted by molar-refractivity contribution is 7.91. The van der Waals surface area contributed by atoms with Gasteiger partial charge in [0.25, 0.3) is 0 Å². The van der Waals surface area contributed by atoms with Crippen LogP contribution in [0.2, 0.25) is 0 Å². The van der Waals surface area contributed by atoms with Gasteiger partial charge in [0.15, 0.2) is 21.5 Å². The summed E-state index contributed by atoms with van der Waals surface area (Å²) in [6.07, 6.45) is -0.247. The van der Waals surface area contributed by atoms with E-state index in [9.17, 15) is 22.0 Å². The minimum atomic E-state index is -3.59. The summed E-state index contributed by atoms with van der Waals surface area (Å²) >= 11 is 0. The first-order valence-corrected chi connectivity index (χ1v) is 9.44. The maximum atomic E-state index is 13.4. The molecule has 0 saturated carbocycles. The molecule has 0 saturated heterocycles. The Bertz CT molecular complexity index is 864. The summed E-state index contributed by atoms with van der Waals surface area (Å²) in [5.74, 6) is -2.89. The Hall–Kier alpha value is -2.28. The molecule has 0 heterocycles. The molecule has 0 aliphatic carbocycles. The Kier molecular flexibility index (Phi) is 5.89. The number of hydrogen-bond donors (Lipinski definition) is 0. The van der Waals surface area contributed by atoms with Gasteiger partial charge < -0.3 is 4.90 Å². The Morgan fingerprint density at radius 2 is 1.68 bits per heavy atom. The number of hydrogen-bond acceptors (Lipinski definition) is 3. The van der Waals surface area contributed by atoms with Crippen LogP contribution in [0.25, 0.3) is 0 Å². The summed E-state index contributed by atoms with van der Waals surface area (Å²) in [6.45, 7) is 3.74. The summed E-state index contributed by atoms with van der Waals surface area (Å²) in [6, 6.07) is 9.52. The molecule has 0 unspecified atom stereocenters. The van der Waals surface area contributed by atoms with Gasteiger partial charge in [0.1, 0.15) is 0 Å². The zero-order valence-corrected chi connectivity index (χ0v) is 14.8. The van der Waals surface area contributed by atoms with Crippen LogP contribution in [0.15, 0.2) is 47.4 Å². The second-order valence-corrected chi connectivity index (χ2v) is 7.73. The highest BCUT2D eigenvalue weighted by Crippen LogP contribution is 2.20. The second kappa shape index (κ2) is 7.74. The SMILES string of the molecule is CCN(C(=O)CCS(=O)(=O)c1ccc(C)cc1)c1ccc(F)c(F)c1. The Morgan fingerprint density at radius 3 is 2.24 bits per heavy atom. The molecule has 2 aromatic carbocycles. The summed E-state index contributed by atoms with van der Waals surface area (Å²) in [5, 5.41) is 0. The van der Waals surface area contributed by atoms with Crippen LogP contribution in [0.1, 0.15) is 18.9 Å². The number of benzene rings is 2. The molecule has 134 valence electrons. The van der Waals surface area contributed by atoms with E-state index in [0.29, 0.717) is 0 Å². The topological polar surface area (TPSA) is 54.5 Å². The number of halogens is 2. The summed E-state index contributed by atoms with van der Waals surface area (Å²) in [4.78, 5) is 13.7. The molecule has 0 radical (unpaired) electrons. The lowest BCUT2D eigenvalue weighted by atomic mass is 10.2. The third-order valence-corrected chi connectivity index (χ3v) is 5.53. The number of nitrogens with zero attached hydrogens (tertiary/aromatic N) is 1. The number of carbonyl (C=O) groups excluding carboxylic acids is 1. The van der Waals surface area contributed by atoms with Crippen molar-refractivity contribution in [3.63, 3.8) is 0 Å². The third-order valence-electron chi connectivity index (χ3n) is 3.80. The molecule has 7 heteroatoms. The first-order valence-electron chi connectivity index (χ1n) is 7.79. The van der Waals surface area contributed by atoms with Crippen LogP contribution in [0, 0.1) is 18.6 Å². The van der Waals surface area contributed by atoms with Crippen molar-refractivity contribution in [3.8, 4) is 0 Å². The average molecular weight is 367 g/mol. The molecule has 2 rings (SSSR count). The van der Waals surface area contributed by atoms with E-state index < -0.39 is 27.4 Å². The monoisotopic (exact) mass is 367 g/mol. The zero-order valence-electron chi connectivity index (χ0n) is 14.0. The fourth-order valence-electron chi connectivity index (χ4n) is 2.38. The van der Waals surface area contributed by atoms with Gasteiger partial charge in [0.05, 0.1) is 10.6 Å². The zero-order chi connectivity index (χ0) is 18.6. The lowest BCUT2D eigenvalue weighted by molar-refractivity contribution is -0.118. The molecule has 0 spiro atoms. The van der Waals surface area contributed by atoms with Crippen molar-refractivity contribution in [1.82, 2.24) is 0 Å². The van der Waals surface area contributed by atoms with Gasteiger partial charge in [0, 0.05) is 24.7 Å². The van der Waals surface area contributed by atoms with Crippen LogP contribution in [-0.4, -0.2) is 26.6 Å². The first kappa shape index (κ1) is 19.1. The van der Waals surface area contributed by atoms with E-state index >= 15 is 0 Å².